The van der Waals surface area contributed by atoms with Gasteiger partial charge in [-0.05, 0) is 42.7 Å². The molecule has 3 atom stereocenters. The van der Waals surface area contributed by atoms with Crippen molar-refractivity contribution in [1.29, 1.82) is 0 Å². The van der Waals surface area contributed by atoms with E-state index in [4.69, 9.17) is 15.0 Å². The molecular weight excluding hydrogens is 548 g/mol. The zero-order chi connectivity index (χ0) is 27.9. The molecule has 1 fully saturated rings. The highest BCUT2D eigenvalue weighted by Crippen LogP contribution is 2.38. The third-order valence-electron chi connectivity index (χ3n) is 6.41. The summed E-state index contributed by atoms with van der Waals surface area (Å²) in [6, 6.07) is 5.89. The van der Waals surface area contributed by atoms with Gasteiger partial charge in [-0.15, -0.1) is 13.2 Å². The number of hydrogen-bond acceptors (Lipinski definition) is 9. The molecule has 3 aromatic rings. The van der Waals surface area contributed by atoms with Gasteiger partial charge in [-0.3, -0.25) is 9.00 Å². The summed E-state index contributed by atoms with van der Waals surface area (Å²) in [7, 11) is -1.85. The molecular formula is C24H22F4N4O6S. The van der Waals surface area contributed by atoms with Gasteiger partial charge in [0.25, 0.3) is 5.89 Å². The molecule has 10 nitrogen and oxygen atoms in total. The monoisotopic (exact) mass is 570 g/mol. The third kappa shape index (κ3) is 5.39. The number of rotatable bonds is 6. The number of carbonyl (C=O) groups is 1. The Hall–Kier alpha value is -3.40. The van der Waals surface area contributed by atoms with E-state index in [1.807, 2.05) is 0 Å². The molecule has 2 aliphatic rings. The number of aliphatic hydroxyl groups excluding tert-OH is 1. The van der Waals surface area contributed by atoms with Gasteiger partial charge < -0.3 is 29.7 Å². The molecule has 39 heavy (non-hydrogen) atoms. The summed E-state index contributed by atoms with van der Waals surface area (Å²) in [6.07, 6.45) is -3.80. The molecule has 1 aromatic heterocycles. The zero-order valence-corrected chi connectivity index (χ0v) is 20.9. The van der Waals surface area contributed by atoms with Crippen LogP contribution in [-0.2, 0) is 32.5 Å². The summed E-state index contributed by atoms with van der Waals surface area (Å²) in [5.41, 5.74) is 5.07. The highest BCUT2D eigenvalue weighted by atomic mass is 32.2. The molecule has 0 spiro atoms. The molecule has 3 heterocycles. The minimum Gasteiger partial charge on any atom is -0.406 e. The Morgan fingerprint density at radius 3 is 2.64 bits per heavy atom. The number of fused-ring (bicyclic) bond motifs is 1. The van der Waals surface area contributed by atoms with Crippen molar-refractivity contribution in [2.75, 3.05) is 23.9 Å². The zero-order valence-electron chi connectivity index (χ0n) is 20.1. The SMILES string of the molecule is N[C@H]1CS(=O)c2cc(F)c(-c3noc(C4(CO)CCCO4)n3)cc2N(Cc2ccc(OC(F)(F)F)cc2)C1=O. The molecule has 2 unspecified atom stereocenters. The maximum atomic E-state index is 15.3. The van der Waals surface area contributed by atoms with Crippen LogP contribution in [0.4, 0.5) is 23.2 Å². The van der Waals surface area contributed by atoms with Gasteiger partial charge in [0.2, 0.25) is 11.7 Å². The molecule has 2 aliphatic heterocycles. The van der Waals surface area contributed by atoms with Crippen LogP contribution in [0.1, 0.15) is 24.3 Å². The number of alkyl halides is 3. The first-order valence-electron chi connectivity index (χ1n) is 11.7. The molecule has 0 aliphatic carbocycles. The molecule has 2 aromatic carbocycles. The van der Waals surface area contributed by atoms with E-state index in [0.717, 1.165) is 18.2 Å². The van der Waals surface area contributed by atoms with E-state index in [9.17, 15) is 27.3 Å². The van der Waals surface area contributed by atoms with Gasteiger partial charge in [-0.25, -0.2) is 4.39 Å². The lowest BCUT2D eigenvalue weighted by molar-refractivity contribution is -0.274. The van der Waals surface area contributed by atoms with Crippen LogP contribution in [-0.4, -0.2) is 56.7 Å². The number of nitrogens with zero attached hydrogens (tertiary/aromatic N) is 3. The summed E-state index contributed by atoms with van der Waals surface area (Å²) in [4.78, 5) is 18.6. The smallest absolute Gasteiger partial charge is 0.406 e. The van der Waals surface area contributed by atoms with Crippen molar-refractivity contribution in [2.24, 2.45) is 5.73 Å². The van der Waals surface area contributed by atoms with Crippen molar-refractivity contribution in [3.8, 4) is 17.1 Å². The van der Waals surface area contributed by atoms with Crippen LogP contribution in [0.5, 0.6) is 5.75 Å². The summed E-state index contributed by atoms with van der Waals surface area (Å²) >= 11 is 0. The Balaban J connectivity index is 1.53. The molecule has 0 bridgehead atoms. The van der Waals surface area contributed by atoms with Crippen LogP contribution in [0.15, 0.2) is 45.8 Å². The molecule has 5 rings (SSSR count). The quantitative estimate of drug-likeness (QED) is 0.428. The number of ether oxygens (including phenoxy) is 2. The van der Waals surface area contributed by atoms with Gasteiger partial charge in [0.05, 0.1) is 51.9 Å². The Morgan fingerprint density at radius 2 is 2.00 bits per heavy atom. The summed E-state index contributed by atoms with van der Waals surface area (Å²) in [6.45, 7) is -0.224. The van der Waals surface area contributed by atoms with Crippen molar-refractivity contribution >= 4 is 22.4 Å². The van der Waals surface area contributed by atoms with Gasteiger partial charge in [0.15, 0.2) is 5.60 Å². The van der Waals surface area contributed by atoms with Crippen LogP contribution in [0, 0.1) is 5.82 Å². The van der Waals surface area contributed by atoms with Crippen molar-refractivity contribution in [3.63, 3.8) is 0 Å². The molecule has 15 heteroatoms. The average molecular weight is 571 g/mol. The first-order chi connectivity index (χ1) is 18.5. The fraction of sp³-hybridized carbons (Fsp3) is 0.375. The number of aromatic nitrogens is 2. The Kier molecular flexibility index (Phi) is 7.17. The summed E-state index contributed by atoms with van der Waals surface area (Å²) in [5, 5.41) is 13.7. The van der Waals surface area contributed by atoms with E-state index < -0.39 is 52.9 Å². The van der Waals surface area contributed by atoms with Gasteiger partial charge in [-0.2, -0.15) is 4.98 Å². The maximum Gasteiger partial charge on any atom is 0.573 e. The van der Waals surface area contributed by atoms with Crippen molar-refractivity contribution in [2.45, 2.75) is 42.3 Å². The molecule has 0 saturated carbocycles. The number of carbonyl (C=O) groups excluding carboxylic acids is 1. The lowest BCUT2D eigenvalue weighted by Gasteiger charge is -2.25. The average Bonchev–Trinajstić information content (AvgIpc) is 3.56. The van der Waals surface area contributed by atoms with Gasteiger partial charge >= 0.3 is 6.36 Å². The molecule has 3 N–H and O–H groups in total. The molecule has 208 valence electrons. The molecule has 0 radical (unpaired) electrons. The van der Waals surface area contributed by atoms with Crippen LogP contribution in [0.2, 0.25) is 0 Å². The third-order valence-corrected chi connectivity index (χ3v) is 7.89. The number of anilines is 1. The minimum absolute atomic E-state index is 0.00393. The molecule has 1 saturated heterocycles. The lowest BCUT2D eigenvalue weighted by Crippen LogP contribution is -2.44. The number of amides is 1. The fourth-order valence-electron chi connectivity index (χ4n) is 4.47. The maximum absolute atomic E-state index is 15.3. The first kappa shape index (κ1) is 27.2. The predicted octanol–water partition coefficient (Wildman–Crippen LogP) is 2.75. The second-order valence-electron chi connectivity index (χ2n) is 9.06. The number of halogens is 4. The topological polar surface area (TPSA) is 141 Å². The Bertz CT molecular complexity index is 1410. The number of aliphatic hydroxyl groups is 1. The minimum atomic E-state index is -4.87. The van der Waals surface area contributed by atoms with Gasteiger partial charge in [-0.1, -0.05) is 17.3 Å². The van der Waals surface area contributed by atoms with E-state index in [1.54, 1.807) is 0 Å². The van der Waals surface area contributed by atoms with E-state index in [1.165, 1.54) is 23.1 Å². The van der Waals surface area contributed by atoms with E-state index in [0.29, 0.717) is 25.0 Å². The van der Waals surface area contributed by atoms with Crippen LogP contribution in [0.25, 0.3) is 11.4 Å². The van der Waals surface area contributed by atoms with Crippen molar-refractivity contribution < 1.29 is 45.7 Å². The molecule has 1 amide bonds. The number of benzene rings is 2. The largest absolute Gasteiger partial charge is 0.573 e. The Labute approximate surface area is 221 Å². The van der Waals surface area contributed by atoms with Gasteiger partial charge in [0.1, 0.15) is 11.6 Å². The second kappa shape index (κ2) is 10.3. The normalized spacial score (nSPS) is 23.5. The summed E-state index contributed by atoms with van der Waals surface area (Å²) in [5.74, 6) is -2.39. The fourth-order valence-corrected chi connectivity index (χ4v) is 5.76. The predicted molar refractivity (Wildman–Crippen MR) is 127 cm³/mol. The van der Waals surface area contributed by atoms with Crippen molar-refractivity contribution in [3.05, 3.63) is 53.7 Å². The Morgan fingerprint density at radius 1 is 1.26 bits per heavy atom. The lowest BCUT2D eigenvalue weighted by atomic mass is 10.0. The van der Waals surface area contributed by atoms with E-state index in [2.05, 4.69) is 14.9 Å². The van der Waals surface area contributed by atoms with Crippen LogP contribution >= 0.6 is 0 Å². The van der Waals surface area contributed by atoms with Crippen molar-refractivity contribution in [1.82, 2.24) is 10.1 Å². The first-order valence-corrected chi connectivity index (χ1v) is 13.0. The van der Waals surface area contributed by atoms with Gasteiger partial charge in [0, 0.05) is 6.61 Å². The van der Waals surface area contributed by atoms with E-state index in [-0.39, 0.29) is 40.2 Å². The van der Waals surface area contributed by atoms with E-state index >= 15 is 4.39 Å². The number of hydrogen-bond donors (Lipinski definition) is 2. The number of nitrogens with two attached hydrogens (primary N) is 1. The highest BCUT2D eigenvalue weighted by molar-refractivity contribution is 7.85. The summed E-state index contributed by atoms with van der Waals surface area (Å²) < 4.78 is 80.5. The standard InChI is InChI=1S/C24H22F4N4O6S/c25-16-9-19-18(8-15(16)20-30-22(38-31-20)23(12-33)6-1-7-36-23)32(21(34)17(29)11-39(19)35)10-13-2-4-14(5-3-13)37-24(26,27)28/h2-5,8-9,17,33H,1,6-7,10-12,29H2/t17-,23?,39?/m0/s1. The second-order valence-corrected chi connectivity index (χ2v) is 10.5. The van der Waals surface area contributed by atoms with Crippen LogP contribution in [0.3, 0.4) is 0 Å². The highest BCUT2D eigenvalue weighted by Gasteiger charge is 2.42. The van der Waals surface area contributed by atoms with Crippen LogP contribution < -0.4 is 15.4 Å².